The third-order valence-corrected chi connectivity index (χ3v) is 1.81. The summed E-state index contributed by atoms with van der Waals surface area (Å²) in [5.74, 6) is -0.552. The van der Waals surface area contributed by atoms with E-state index in [1.165, 1.54) is 0 Å². The fraction of sp³-hybridized carbons (Fsp3) is 0.800. The van der Waals surface area contributed by atoms with Gasteiger partial charge in [0.25, 0.3) is 0 Å². The van der Waals surface area contributed by atoms with Crippen LogP contribution >= 0.6 is 0 Å². The second-order valence-electron chi connectivity index (χ2n) is 3.40. The maximum atomic E-state index is 11.1. The average molecular weight is 170 g/mol. The minimum Gasteiger partial charge on any atom is -0.291 e. The lowest BCUT2D eigenvalue weighted by atomic mass is 10.0. The molecule has 0 spiro atoms. The molecule has 0 fully saturated rings. The molecule has 0 aromatic rings. The molecule has 0 amide bonds. The number of Topliss-reactive ketones (excluding diaryl/α,β-unsaturated/α-hetero) is 2. The molecule has 0 bridgehead atoms. The van der Waals surface area contributed by atoms with Crippen LogP contribution in [0.3, 0.4) is 0 Å². The molecule has 0 aromatic carbocycles. The van der Waals surface area contributed by atoms with Gasteiger partial charge in [-0.3, -0.25) is 9.59 Å². The van der Waals surface area contributed by atoms with E-state index in [1.807, 2.05) is 0 Å². The predicted molar refractivity (Wildman–Crippen MR) is 49.0 cm³/mol. The smallest absolute Gasteiger partial charge is 0.200 e. The Hall–Kier alpha value is -0.660. The Morgan fingerprint density at radius 1 is 1.17 bits per heavy atom. The number of ketones is 2. The van der Waals surface area contributed by atoms with Crippen LogP contribution in [0.2, 0.25) is 0 Å². The van der Waals surface area contributed by atoms with Crippen LogP contribution in [0.15, 0.2) is 0 Å². The first-order valence-electron chi connectivity index (χ1n) is 4.66. The fourth-order valence-electron chi connectivity index (χ4n) is 0.981. The summed E-state index contributed by atoms with van der Waals surface area (Å²) in [6.07, 6.45) is 3.42. The van der Waals surface area contributed by atoms with E-state index in [2.05, 4.69) is 6.92 Å². The van der Waals surface area contributed by atoms with Crippen molar-refractivity contribution >= 4 is 11.6 Å². The number of hydrogen-bond acceptors (Lipinski definition) is 2. The highest BCUT2D eigenvalue weighted by atomic mass is 16.2. The van der Waals surface area contributed by atoms with E-state index in [0.717, 1.165) is 19.3 Å². The summed E-state index contributed by atoms with van der Waals surface area (Å²) in [6.45, 7) is 5.61. The zero-order chi connectivity index (χ0) is 9.56. The Morgan fingerprint density at radius 2 is 1.75 bits per heavy atom. The normalized spacial score (nSPS) is 10.3. The highest BCUT2D eigenvalue weighted by molar-refractivity contribution is 6.37. The van der Waals surface area contributed by atoms with E-state index < -0.39 is 0 Å². The van der Waals surface area contributed by atoms with Gasteiger partial charge in [-0.2, -0.15) is 0 Å². The molecule has 0 radical (unpaired) electrons. The predicted octanol–water partition coefficient (Wildman–Crippen LogP) is 2.36. The van der Waals surface area contributed by atoms with E-state index in [4.69, 9.17) is 0 Å². The Labute approximate surface area is 74.3 Å². The number of unbranched alkanes of at least 4 members (excludes halogenated alkanes) is 2. The molecule has 0 saturated carbocycles. The van der Waals surface area contributed by atoms with E-state index in [1.54, 1.807) is 13.8 Å². The minimum absolute atomic E-state index is 0.140. The third-order valence-electron chi connectivity index (χ3n) is 1.81. The first-order chi connectivity index (χ1) is 5.59. The van der Waals surface area contributed by atoms with Crippen molar-refractivity contribution in [1.29, 1.82) is 0 Å². The standard InChI is InChI=1S/C10H18O2/c1-4-5-6-7-9(11)10(12)8(2)3/h8H,4-7H2,1-3H3. The van der Waals surface area contributed by atoms with Gasteiger partial charge in [0, 0.05) is 12.3 Å². The number of carbonyl (C=O) groups excluding carboxylic acids is 2. The van der Waals surface area contributed by atoms with Gasteiger partial charge in [0.2, 0.25) is 5.78 Å². The fourth-order valence-corrected chi connectivity index (χ4v) is 0.981. The van der Waals surface area contributed by atoms with Crippen molar-refractivity contribution in [2.24, 2.45) is 5.92 Å². The molecule has 0 aliphatic rings. The molecule has 0 N–H and O–H groups in total. The summed E-state index contributed by atoms with van der Waals surface area (Å²) in [5.41, 5.74) is 0. The molecular weight excluding hydrogens is 152 g/mol. The number of carbonyl (C=O) groups is 2. The molecule has 0 unspecified atom stereocenters. The molecule has 0 aromatic heterocycles. The minimum atomic E-state index is -0.217. The summed E-state index contributed by atoms with van der Waals surface area (Å²) >= 11 is 0. The van der Waals surface area contributed by atoms with Gasteiger partial charge in [-0.25, -0.2) is 0 Å². The maximum Gasteiger partial charge on any atom is 0.200 e. The molecule has 70 valence electrons. The van der Waals surface area contributed by atoms with Gasteiger partial charge in [0.05, 0.1) is 0 Å². The number of rotatable bonds is 6. The third kappa shape index (κ3) is 4.27. The molecular formula is C10H18O2. The quantitative estimate of drug-likeness (QED) is 0.453. The van der Waals surface area contributed by atoms with Gasteiger partial charge in [-0.1, -0.05) is 33.6 Å². The summed E-state index contributed by atoms with van der Waals surface area (Å²) in [7, 11) is 0. The average Bonchev–Trinajstić information content (AvgIpc) is 2.03. The van der Waals surface area contributed by atoms with E-state index in [9.17, 15) is 9.59 Å². The van der Waals surface area contributed by atoms with Gasteiger partial charge in [0.15, 0.2) is 5.78 Å². The highest BCUT2D eigenvalue weighted by Gasteiger charge is 2.15. The summed E-state index contributed by atoms with van der Waals surface area (Å²) in [4.78, 5) is 22.2. The highest BCUT2D eigenvalue weighted by Crippen LogP contribution is 2.04. The van der Waals surface area contributed by atoms with Gasteiger partial charge in [-0.05, 0) is 6.42 Å². The second-order valence-corrected chi connectivity index (χ2v) is 3.40. The molecule has 2 nitrogen and oxygen atoms in total. The zero-order valence-corrected chi connectivity index (χ0v) is 8.22. The van der Waals surface area contributed by atoms with Crippen LogP contribution in [0.1, 0.15) is 46.5 Å². The number of hydrogen-bond donors (Lipinski definition) is 0. The monoisotopic (exact) mass is 170 g/mol. The summed E-state index contributed by atoms with van der Waals surface area (Å²) in [6, 6.07) is 0. The largest absolute Gasteiger partial charge is 0.291 e. The molecule has 12 heavy (non-hydrogen) atoms. The summed E-state index contributed by atoms with van der Waals surface area (Å²) < 4.78 is 0. The SMILES string of the molecule is CCCCCC(=O)C(=O)C(C)C. The Morgan fingerprint density at radius 3 is 2.17 bits per heavy atom. The van der Waals surface area contributed by atoms with Crippen molar-refractivity contribution in [3.8, 4) is 0 Å². The second kappa shape index (κ2) is 5.92. The van der Waals surface area contributed by atoms with Crippen molar-refractivity contribution < 1.29 is 9.59 Å². The molecule has 0 rings (SSSR count). The molecule has 2 heteroatoms. The lowest BCUT2D eigenvalue weighted by molar-refractivity contribution is -0.138. The van der Waals surface area contributed by atoms with E-state index in [-0.39, 0.29) is 17.5 Å². The summed E-state index contributed by atoms with van der Waals surface area (Å²) in [5, 5.41) is 0. The van der Waals surface area contributed by atoms with Crippen molar-refractivity contribution in [2.45, 2.75) is 46.5 Å². The van der Waals surface area contributed by atoms with Crippen molar-refractivity contribution in [1.82, 2.24) is 0 Å². The maximum absolute atomic E-state index is 11.1. The Balaban J connectivity index is 3.65. The van der Waals surface area contributed by atoms with Gasteiger partial charge in [-0.15, -0.1) is 0 Å². The van der Waals surface area contributed by atoms with Crippen LogP contribution in [-0.4, -0.2) is 11.6 Å². The van der Waals surface area contributed by atoms with Crippen molar-refractivity contribution in [3.63, 3.8) is 0 Å². The first kappa shape index (κ1) is 11.3. The lowest BCUT2D eigenvalue weighted by Gasteiger charge is -2.01. The van der Waals surface area contributed by atoms with Crippen LogP contribution < -0.4 is 0 Å². The Bertz CT molecular complexity index is 159. The Kier molecular flexibility index (Phi) is 5.60. The van der Waals surface area contributed by atoms with Gasteiger partial charge in [0.1, 0.15) is 0 Å². The lowest BCUT2D eigenvalue weighted by Crippen LogP contribution is -2.19. The zero-order valence-electron chi connectivity index (χ0n) is 8.22. The topological polar surface area (TPSA) is 34.1 Å². The van der Waals surface area contributed by atoms with Crippen LogP contribution in [0.4, 0.5) is 0 Å². The van der Waals surface area contributed by atoms with Gasteiger partial charge < -0.3 is 0 Å². The van der Waals surface area contributed by atoms with Crippen LogP contribution in [0.5, 0.6) is 0 Å². The van der Waals surface area contributed by atoms with Crippen LogP contribution in [0, 0.1) is 5.92 Å². The van der Waals surface area contributed by atoms with Crippen LogP contribution in [0.25, 0.3) is 0 Å². The van der Waals surface area contributed by atoms with Crippen molar-refractivity contribution in [2.75, 3.05) is 0 Å². The van der Waals surface area contributed by atoms with Crippen LogP contribution in [-0.2, 0) is 9.59 Å². The molecule has 0 heterocycles. The van der Waals surface area contributed by atoms with E-state index >= 15 is 0 Å². The van der Waals surface area contributed by atoms with Crippen molar-refractivity contribution in [3.05, 3.63) is 0 Å². The van der Waals surface area contributed by atoms with E-state index in [0.29, 0.717) is 6.42 Å². The van der Waals surface area contributed by atoms with Gasteiger partial charge >= 0.3 is 0 Å². The molecule has 0 saturated heterocycles. The first-order valence-corrected chi connectivity index (χ1v) is 4.66. The molecule has 0 atom stereocenters. The molecule has 0 aliphatic heterocycles. The molecule has 0 aliphatic carbocycles.